The van der Waals surface area contributed by atoms with E-state index < -0.39 is 17.5 Å². The molecule has 1 aromatic heterocycles. The third-order valence-electron chi connectivity index (χ3n) is 5.67. The Hall–Kier alpha value is -1.65. The summed E-state index contributed by atoms with van der Waals surface area (Å²) in [4.78, 5) is 30.8. The molecule has 0 saturated carbocycles. The first-order valence-corrected chi connectivity index (χ1v) is 11.7. The van der Waals surface area contributed by atoms with Gasteiger partial charge in [-0.1, -0.05) is 84.7 Å². The summed E-state index contributed by atoms with van der Waals surface area (Å²) < 4.78 is 0. The zero-order valence-corrected chi connectivity index (χ0v) is 19.8. The standard InChI is InChI=1S/C24H19Cl4NO2/c1-2-3-4-5-6-12-7-9-14-13(11-12)8-10-15(29-14)16-23(30)17-18(24(16)31)20(26)22(28)21(27)19(17)25/h7-11,16H,2-6H2,1H3. The van der Waals surface area contributed by atoms with Gasteiger partial charge in [0, 0.05) is 5.39 Å². The van der Waals surface area contributed by atoms with Crippen LogP contribution in [-0.2, 0) is 6.42 Å². The van der Waals surface area contributed by atoms with E-state index in [0.717, 1.165) is 23.7 Å². The second-order valence-electron chi connectivity index (χ2n) is 7.74. The van der Waals surface area contributed by atoms with Gasteiger partial charge < -0.3 is 0 Å². The number of nitrogens with zero attached hydrogens (tertiary/aromatic N) is 1. The van der Waals surface area contributed by atoms with Gasteiger partial charge in [0.15, 0.2) is 11.6 Å². The van der Waals surface area contributed by atoms with Crippen LogP contribution in [0.1, 0.15) is 70.5 Å². The Bertz CT molecular complexity index is 1180. The Morgan fingerprint density at radius 2 is 1.45 bits per heavy atom. The van der Waals surface area contributed by atoms with Gasteiger partial charge in [0.1, 0.15) is 5.92 Å². The number of pyridine rings is 1. The van der Waals surface area contributed by atoms with Crippen LogP contribution < -0.4 is 0 Å². The number of carbonyl (C=O) groups is 2. The number of halogens is 4. The summed E-state index contributed by atoms with van der Waals surface area (Å²) in [5, 5.41) is 0.786. The van der Waals surface area contributed by atoms with E-state index in [2.05, 4.69) is 18.0 Å². The lowest BCUT2D eigenvalue weighted by Crippen LogP contribution is -2.14. The van der Waals surface area contributed by atoms with E-state index in [9.17, 15) is 9.59 Å². The minimum atomic E-state index is -1.11. The summed E-state index contributed by atoms with van der Waals surface area (Å²) in [5.41, 5.74) is 2.36. The van der Waals surface area contributed by atoms with Crippen LogP contribution >= 0.6 is 46.4 Å². The topological polar surface area (TPSA) is 47.0 Å². The van der Waals surface area contributed by atoms with Gasteiger partial charge in [0.05, 0.1) is 42.4 Å². The molecular weight excluding hydrogens is 476 g/mol. The van der Waals surface area contributed by atoms with E-state index in [0.29, 0.717) is 5.69 Å². The van der Waals surface area contributed by atoms with Crippen LogP contribution in [0, 0.1) is 0 Å². The SMILES string of the molecule is CCCCCCc1ccc2nc(C3C(=O)c4c(Cl)c(Cl)c(Cl)c(Cl)c4C3=O)ccc2c1. The van der Waals surface area contributed by atoms with Crippen molar-refractivity contribution in [2.24, 2.45) is 0 Å². The summed E-state index contributed by atoms with van der Waals surface area (Å²) in [6.45, 7) is 2.20. The third-order valence-corrected chi connectivity index (χ3v) is 7.48. The summed E-state index contributed by atoms with van der Waals surface area (Å²) in [6, 6.07) is 9.68. The molecule has 1 heterocycles. The first kappa shape index (κ1) is 22.5. The minimum absolute atomic E-state index is 0.0143. The average molecular weight is 495 g/mol. The molecule has 0 aliphatic heterocycles. The molecule has 1 aliphatic carbocycles. The number of aryl methyl sites for hydroxylation is 1. The zero-order valence-electron chi connectivity index (χ0n) is 16.8. The first-order valence-electron chi connectivity index (χ1n) is 10.2. The van der Waals surface area contributed by atoms with Gasteiger partial charge in [0.2, 0.25) is 0 Å². The number of ketones is 2. The van der Waals surface area contributed by atoms with E-state index in [1.54, 1.807) is 6.07 Å². The zero-order chi connectivity index (χ0) is 22.3. The molecule has 7 heteroatoms. The number of hydrogen-bond acceptors (Lipinski definition) is 3. The van der Waals surface area contributed by atoms with E-state index in [-0.39, 0.29) is 31.2 Å². The van der Waals surface area contributed by atoms with Crippen LogP contribution in [0.2, 0.25) is 20.1 Å². The van der Waals surface area contributed by atoms with E-state index in [1.165, 1.54) is 24.8 Å². The summed E-state index contributed by atoms with van der Waals surface area (Å²) in [7, 11) is 0. The number of carbonyl (C=O) groups excluding carboxylic acids is 2. The molecule has 0 fully saturated rings. The fourth-order valence-corrected chi connectivity index (χ4v) is 5.07. The Labute approximate surface area is 200 Å². The maximum atomic E-state index is 13.1. The van der Waals surface area contributed by atoms with E-state index >= 15 is 0 Å². The molecule has 4 rings (SSSR count). The largest absolute Gasteiger partial charge is 0.293 e. The molecule has 160 valence electrons. The molecule has 1 aliphatic rings. The van der Waals surface area contributed by atoms with Crippen molar-refractivity contribution in [1.82, 2.24) is 4.98 Å². The van der Waals surface area contributed by atoms with Crippen molar-refractivity contribution in [2.45, 2.75) is 44.9 Å². The normalized spacial score (nSPS) is 14.0. The second kappa shape index (κ2) is 9.07. The van der Waals surface area contributed by atoms with Gasteiger partial charge in [-0.2, -0.15) is 0 Å². The molecule has 0 unspecified atom stereocenters. The summed E-state index contributed by atoms with van der Waals surface area (Å²) in [6.07, 6.45) is 5.85. The maximum absolute atomic E-state index is 13.1. The number of rotatable bonds is 6. The molecule has 0 spiro atoms. The number of benzene rings is 2. The van der Waals surface area contributed by atoms with Gasteiger partial charge in [-0.05, 0) is 36.6 Å². The molecule has 3 aromatic rings. The highest BCUT2D eigenvalue weighted by Gasteiger charge is 2.45. The van der Waals surface area contributed by atoms with Crippen molar-refractivity contribution in [2.75, 3.05) is 0 Å². The van der Waals surface area contributed by atoms with Crippen LogP contribution in [0.3, 0.4) is 0 Å². The molecule has 0 amide bonds. The monoisotopic (exact) mass is 493 g/mol. The van der Waals surface area contributed by atoms with Gasteiger partial charge >= 0.3 is 0 Å². The fraction of sp³-hybridized carbons (Fsp3) is 0.292. The highest BCUT2D eigenvalue weighted by molar-refractivity contribution is 6.55. The highest BCUT2D eigenvalue weighted by atomic mass is 35.5. The predicted molar refractivity (Wildman–Crippen MR) is 127 cm³/mol. The van der Waals surface area contributed by atoms with E-state index in [4.69, 9.17) is 46.4 Å². The lowest BCUT2D eigenvalue weighted by Gasteiger charge is -2.09. The lowest BCUT2D eigenvalue weighted by atomic mass is 9.97. The van der Waals surface area contributed by atoms with Crippen molar-refractivity contribution in [3.05, 3.63) is 72.8 Å². The molecule has 0 radical (unpaired) electrons. The van der Waals surface area contributed by atoms with Crippen LogP contribution in [0.4, 0.5) is 0 Å². The minimum Gasteiger partial charge on any atom is -0.293 e. The average Bonchev–Trinajstić information content (AvgIpc) is 3.03. The van der Waals surface area contributed by atoms with Crippen molar-refractivity contribution in [3.63, 3.8) is 0 Å². The van der Waals surface area contributed by atoms with Gasteiger partial charge in [0.25, 0.3) is 0 Å². The molecule has 3 nitrogen and oxygen atoms in total. The van der Waals surface area contributed by atoms with Crippen LogP contribution in [0.15, 0.2) is 30.3 Å². The number of Topliss-reactive ketones (excluding diaryl/α,β-unsaturated/α-hetero) is 2. The highest BCUT2D eigenvalue weighted by Crippen LogP contribution is 2.47. The fourth-order valence-electron chi connectivity index (χ4n) is 4.03. The summed E-state index contributed by atoms with van der Waals surface area (Å²) >= 11 is 24.7. The van der Waals surface area contributed by atoms with Crippen molar-refractivity contribution >= 4 is 68.9 Å². The third kappa shape index (κ3) is 3.98. The smallest absolute Gasteiger partial charge is 0.182 e. The number of unbranched alkanes of at least 4 members (excludes halogenated alkanes) is 3. The Balaban J connectivity index is 1.67. The number of hydrogen-bond donors (Lipinski definition) is 0. The molecular formula is C24H19Cl4NO2. The predicted octanol–water partition coefficient (Wildman–Crippen LogP) is 8.13. The second-order valence-corrected chi connectivity index (χ2v) is 9.25. The quantitative estimate of drug-likeness (QED) is 0.150. The van der Waals surface area contributed by atoms with Crippen molar-refractivity contribution in [3.8, 4) is 0 Å². The molecule has 0 bridgehead atoms. The van der Waals surface area contributed by atoms with Gasteiger partial charge in [-0.15, -0.1) is 0 Å². The molecule has 2 aromatic carbocycles. The van der Waals surface area contributed by atoms with Crippen molar-refractivity contribution < 1.29 is 9.59 Å². The van der Waals surface area contributed by atoms with Gasteiger partial charge in [-0.3, -0.25) is 14.6 Å². The molecule has 0 atom stereocenters. The van der Waals surface area contributed by atoms with Crippen molar-refractivity contribution in [1.29, 1.82) is 0 Å². The number of aromatic nitrogens is 1. The van der Waals surface area contributed by atoms with Gasteiger partial charge in [-0.25, -0.2) is 0 Å². The first-order chi connectivity index (χ1) is 14.8. The maximum Gasteiger partial charge on any atom is 0.182 e. The number of fused-ring (bicyclic) bond motifs is 2. The van der Waals surface area contributed by atoms with Crippen LogP contribution in [0.25, 0.3) is 10.9 Å². The lowest BCUT2D eigenvalue weighted by molar-refractivity contribution is 0.0888. The Morgan fingerprint density at radius 3 is 2.06 bits per heavy atom. The Morgan fingerprint density at radius 1 is 0.806 bits per heavy atom. The molecule has 0 N–H and O–H groups in total. The van der Waals surface area contributed by atoms with Crippen LogP contribution in [0.5, 0.6) is 0 Å². The Kier molecular flexibility index (Phi) is 6.60. The van der Waals surface area contributed by atoms with Crippen LogP contribution in [-0.4, -0.2) is 16.6 Å². The molecule has 0 saturated heterocycles. The molecule has 31 heavy (non-hydrogen) atoms. The summed E-state index contributed by atoms with van der Waals surface area (Å²) in [5.74, 6) is -2.05. The van der Waals surface area contributed by atoms with E-state index in [1.807, 2.05) is 18.2 Å².